The summed E-state index contributed by atoms with van der Waals surface area (Å²) in [5.74, 6) is -1.02. The highest BCUT2D eigenvalue weighted by molar-refractivity contribution is 5.73. The zero-order valence-corrected chi connectivity index (χ0v) is 14.1. The highest BCUT2D eigenvalue weighted by Gasteiger charge is 2.48. The molecule has 1 amide bonds. The predicted molar refractivity (Wildman–Crippen MR) is 86.1 cm³/mol. The molecular formula is C17H23NO7. The largest absolute Gasteiger partial charge is 0.457 e. The summed E-state index contributed by atoms with van der Waals surface area (Å²) in [5, 5.41) is 22.3. The molecular weight excluding hydrogens is 330 g/mol. The van der Waals surface area contributed by atoms with Gasteiger partial charge in [0.1, 0.15) is 18.2 Å². The van der Waals surface area contributed by atoms with E-state index < -0.39 is 49.1 Å². The van der Waals surface area contributed by atoms with Gasteiger partial charge >= 0.3 is 5.97 Å². The number of hydrogen-bond donors (Lipinski definition) is 3. The smallest absolute Gasteiger partial charge is 0.303 e. The van der Waals surface area contributed by atoms with Crippen LogP contribution in [0.3, 0.4) is 0 Å². The van der Waals surface area contributed by atoms with E-state index in [9.17, 15) is 19.8 Å². The second kappa shape index (κ2) is 8.91. The fraction of sp³-hybridized carbons (Fsp3) is 0.529. The maximum absolute atomic E-state index is 11.5. The van der Waals surface area contributed by atoms with Crippen LogP contribution >= 0.6 is 0 Å². The first-order chi connectivity index (χ1) is 11.9. The lowest BCUT2D eigenvalue weighted by Crippen LogP contribution is -2.65. The monoisotopic (exact) mass is 353 g/mol. The van der Waals surface area contributed by atoms with Crippen LogP contribution in [-0.2, 0) is 30.4 Å². The van der Waals surface area contributed by atoms with Gasteiger partial charge < -0.3 is 29.7 Å². The van der Waals surface area contributed by atoms with E-state index >= 15 is 0 Å². The molecule has 1 aromatic rings. The first-order valence-corrected chi connectivity index (χ1v) is 7.96. The average Bonchev–Trinajstić information content (AvgIpc) is 2.57. The van der Waals surface area contributed by atoms with Crippen molar-refractivity contribution in [3.05, 3.63) is 35.9 Å². The molecule has 0 aromatic heterocycles. The van der Waals surface area contributed by atoms with Crippen LogP contribution in [0.4, 0.5) is 0 Å². The number of aliphatic hydroxyl groups excluding tert-OH is 2. The molecule has 0 spiro atoms. The van der Waals surface area contributed by atoms with Crippen LogP contribution in [0.1, 0.15) is 19.4 Å². The second-order valence-electron chi connectivity index (χ2n) is 5.81. The van der Waals surface area contributed by atoms with E-state index in [1.807, 2.05) is 30.3 Å². The third-order valence-electron chi connectivity index (χ3n) is 3.78. The molecule has 1 heterocycles. The zero-order valence-electron chi connectivity index (χ0n) is 14.1. The highest BCUT2D eigenvalue weighted by atomic mass is 16.7. The van der Waals surface area contributed by atoms with E-state index in [0.29, 0.717) is 0 Å². The van der Waals surface area contributed by atoms with E-state index in [1.165, 1.54) is 13.8 Å². The summed E-state index contributed by atoms with van der Waals surface area (Å²) in [6, 6.07) is 8.38. The summed E-state index contributed by atoms with van der Waals surface area (Å²) in [6.45, 7) is 2.18. The fourth-order valence-corrected chi connectivity index (χ4v) is 2.68. The number of hydrogen-bond acceptors (Lipinski definition) is 7. The number of nitrogens with one attached hydrogen (secondary N) is 1. The standard InChI is InChI=1S/C17H23NO7/c1-10(20)18-14-16(24-11(2)21)15(22)13(8-19)25-17(14)23-9-12-6-4-3-5-7-12/h3-7,13-17,19,22H,8-9H2,1-2H3,(H,18,20)/t13-,14?,15-,16-,17-/m1/s1. The molecule has 0 bridgehead atoms. The van der Waals surface area contributed by atoms with Crippen LogP contribution in [0.2, 0.25) is 0 Å². The van der Waals surface area contributed by atoms with Gasteiger partial charge in [0, 0.05) is 13.8 Å². The topological polar surface area (TPSA) is 114 Å². The van der Waals surface area contributed by atoms with E-state index in [2.05, 4.69) is 5.32 Å². The molecule has 1 saturated heterocycles. The molecule has 1 unspecified atom stereocenters. The number of esters is 1. The van der Waals surface area contributed by atoms with Crippen molar-refractivity contribution in [1.82, 2.24) is 5.32 Å². The third-order valence-corrected chi connectivity index (χ3v) is 3.78. The van der Waals surface area contributed by atoms with Crippen molar-refractivity contribution in [2.24, 2.45) is 0 Å². The Bertz CT molecular complexity index is 580. The van der Waals surface area contributed by atoms with Crippen LogP contribution in [0.25, 0.3) is 0 Å². The van der Waals surface area contributed by atoms with E-state index in [0.717, 1.165) is 5.56 Å². The Morgan fingerprint density at radius 3 is 2.48 bits per heavy atom. The summed E-state index contributed by atoms with van der Waals surface area (Å²) in [4.78, 5) is 22.9. The van der Waals surface area contributed by atoms with Gasteiger partial charge in [-0.2, -0.15) is 0 Å². The summed E-state index contributed by atoms with van der Waals surface area (Å²) in [5.41, 5.74) is 0.878. The summed E-state index contributed by atoms with van der Waals surface area (Å²) in [6.07, 6.45) is -4.42. The van der Waals surface area contributed by atoms with Crippen molar-refractivity contribution in [2.75, 3.05) is 6.61 Å². The van der Waals surface area contributed by atoms with Gasteiger partial charge in [-0.25, -0.2) is 0 Å². The summed E-state index contributed by atoms with van der Waals surface area (Å²) >= 11 is 0. The lowest BCUT2D eigenvalue weighted by atomic mass is 9.96. The van der Waals surface area contributed by atoms with Crippen molar-refractivity contribution in [3.63, 3.8) is 0 Å². The number of carbonyl (C=O) groups excluding carboxylic acids is 2. The molecule has 25 heavy (non-hydrogen) atoms. The molecule has 5 atom stereocenters. The van der Waals surface area contributed by atoms with Crippen LogP contribution < -0.4 is 5.32 Å². The Morgan fingerprint density at radius 1 is 1.24 bits per heavy atom. The Kier molecular flexibility index (Phi) is 6.89. The molecule has 1 fully saturated rings. The Balaban J connectivity index is 2.19. The van der Waals surface area contributed by atoms with E-state index in [4.69, 9.17) is 14.2 Å². The molecule has 1 aromatic carbocycles. The van der Waals surface area contributed by atoms with Gasteiger partial charge in [0.05, 0.1) is 13.2 Å². The van der Waals surface area contributed by atoms with Gasteiger partial charge in [-0.3, -0.25) is 9.59 Å². The van der Waals surface area contributed by atoms with Crippen LogP contribution in [0, 0.1) is 0 Å². The van der Waals surface area contributed by atoms with Gasteiger partial charge in [0.15, 0.2) is 12.4 Å². The molecule has 0 aliphatic carbocycles. The molecule has 0 saturated carbocycles. The Labute approximate surface area is 145 Å². The second-order valence-corrected chi connectivity index (χ2v) is 5.81. The van der Waals surface area contributed by atoms with Gasteiger partial charge in [-0.15, -0.1) is 0 Å². The van der Waals surface area contributed by atoms with E-state index in [-0.39, 0.29) is 6.61 Å². The maximum Gasteiger partial charge on any atom is 0.303 e. The maximum atomic E-state index is 11.5. The van der Waals surface area contributed by atoms with Crippen molar-refractivity contribution < 1.29 is 34.0 Å². The Morgan fingerprint density at radius 2 is 1.92 bits per heavy atom. The van der Waals surface area contributed by atoms with Gasteiger partial charge in [0.2, 0.25) is 5.91 Å². The number of ether oxygens (including phenoxy) is 3. The van der Waals surface area contributed by atoms with Crippen LogP contribution in [-0.4, -0.2) is 59.3 Å². The zero-order chi connectivity index (χ0) is 18.4. The number of benzene rings is 1. The molecule has 1 aliphatic rings. The van der Waals surface area contributed by atoms with Crippen molar-refractivity contribution >= 4 is 11.9 Å². The SMILES string of the molecule is CC(=O)NC1[C@H](OCc2ccccc2)O[C@H](CO)[C@@H](O)[C@@H]1OC(C)=O. The normalized spacial score (nSPS) is 29.0. The first-order valence-electron chi connectivity index (χ1n) is 7.96. The average molecular weight is 353 g/mol. The van der Waals surface area contributed by atoms with Gasteiger partial charge in [0.25, 0.3) is 0 Å². The minimum atomic E-state index is -1.30. The third kappa shape index (κ3) is 5.23. The minimum Gasteiger partial charge on any atom is -0.457 e. The van der Waals surface area contributed by atoms with Gasteiger partial charge in [-0.05, 0) is 5.56 Å². The van der Waals surface area contributed by atoms with Gasteiger partial charge in [-0.1, -0.05) is 30.3 Å². The lowest BCUT2D eigenvalue weighted by molar-refractivity contribution is -0.276. The molecule has 8 nitrogen and oxygen atoms in total. The molecule has 8 heteroatoms. The van der Waals surface area contributed by atoms with Crippen LogP contribution in [0.15, 0.2) is 30.3 Å². The molecule has 2 rings (SSSR count). The number of aliphatic hydroxyl groups is 2. The Hall–Kier alpha value is -2.00. The van der Waals surface area contributed by atoms with Crippen molar-refractivity contribution in [1.29, 1.82) is 0 Å². The molecule has 1 aliphatic heterocycles. The van der Waals surface area contributed by atoms with Crippen molar-refractivity contribution in [2.45, 2.75) is 51.1 Å². The summed E-state index contributed by atoms with van der Waals surface area (Å²) < 4.78 is 16.4. The molecule has 3 N–H and O–H groups in total. The predicted octanol–water partition coefficient (Wildman–Crippen LogP) is -0.282. The van der Waals surface area contributed by atoms with E-state index in [1.54, 1.807) is 0 Å². The lowest BCUT2D eigenvalue weighted by Gasteiger charge is -2.43. The van der Waals surface area contributed by atoms with Crippen LogP contribution in [0.5, 0.6) is 0 Å². The fourth-order valence-electron chi connectivity index (χ4n) is 2.68. The number of carbonyl (C=O) groups is 2. The number of rotatable bonds is 6. The quantitative estimate of drug-likeness (QED) is 0.603. The highest BCUT2D eigenvalue weighted by Crippen LogP contribution is 2.25. The molecule has 138 valence electrons. The van der Waals surface area contributed by atoms with Crippen molar-refractivity contribution in [3.8, 4) is 0 Å². The summed E-state index contributed by atoms with van der Waals surface area (Å²) in [7, 11) is 0. The number of amides is 1. The minimum absolute atomic E-state index is 0.183. The first kappa shape index (κ1) is 19.3. The molecule has 0 radical (unpaired) electrons.